The van der Waals surface area contributed by atoms with Crippen molar-refractivity contribution in [1.29, 1.82) is 0 Å². The van der Waals surface area contributed by atoms with Crippen molar-refractivity contribution in [3.05, 3.63) is 57.9 Å². The number of hydrogen-bond donors (Lipinski definition) is 2. The Balaban J connectivity index is 2.02. The van der Waals surface area contributed by atoms with Crippen molar-refractivity contribution in [2.24, 2.45) is 0 Å². The number of aryl methyl sites for hydroxylation is 1. The van der Waals surface area contributed by atoms with Crippen LogP contribution in [0, 0.1) is 20.8 Å². The Labute approximate surface area is 153 Å². The number of nitrogens with zero attached hydrogens (tertiary/aromatic N) is 2. The fourth-order valence-electron chi connectivity index (χ4n) is 3.27. The lowest BCUT2D eigenvalue weighted by molar-refractivity contribution is 0.365. The summed E-state index contributed by atoms with van der Waals surface area (Å²) in [5.74, 6) is 0.852. The first kappa shape index (κ1) is 18.0. The van der Waals surface area contributed by atoms with Crippen molar-refractivity contribution in [1.82, 2.24) is 10.1 Å². The third-order valence-corrected chi connectivity index (χ3v) is 4.88. The Morgan fingerprint density at radius 2 is 1.77 bits per heavy atom. The summed E-state index contributed by atoms with van der Waals surface area (Å²) in [6.45, 7) is 10.2. The lowest BCUT2D eigenvalue weighted by Gasteiger charge is -2.16. The van der Waals surface area contributed by atoms with E-state index in [1.54, 1.807) is 6.07 Å². The summed E-state index contributed by atoms with van der Waals surface area (Å²) in [7, 11) is 0. The minimum Gasteiger partial charge on any atom is -0.506 e. The van der Waals surface area contributed by atoms with Gasteiger partial charge in [-0.25, -0.2) is 0 Å². The standard InChI is InChI=1S/C21H24N2O3/c1-11(2)21-18(24)7-6-15(22-21)9-16-12(3)8-17(14(5)13(16)4)19-10-20(25)23-26-19/h6-8,10-11,24H,9H2,1-5H3,(H,23,25). The molecule has 5 heteroatoms. The monoisotopic (exact) mass is 352 g/mol. The first-order valence-corrected chi connectivity index (χ1v) is 8.72. The van der Waals surface area contributed by atoms with Gasteiger partial charge in [0.15, 0.2) is 5.76 Å². The highest BCUT2D eigenvalue weighted by Gasteiger charge is 2.16. The van der Waals surface area contributed by atoms with Crippen LogP contribution in [0.1, 0.15) is 53.4 Å². The van der Waals surface area contributed by atoms with Crippen LogP contribution in [0.25, 0.3) is 11.3 Å². The molecule has 1 aromatic carbocycles. The van der Waals surface area contributed by atoms with Gasteiger partial charge in [0, 0.05) is 23.7 Å². The van der Waals surface area contributed by atoms with Gasteiger partial charge in [-0.3, -0.25) is 4.98 Å². The van der Waals surface area contributed by atoms with E-state index in [4.69, 9.17) is 4.52 Å². The van der Waals surface area contributed by atoms with Gasteiger partial charge in [0.05, 0.1) is 5.69 Å². The average Bonchev–Trinajstić information content (AvgIpc) is 3.02. The highest BCUT2D eigenvalue weighted by atomic mass is 16.5. The van der Waals surface area contributed by atoms with Gasteiger partial charge in [0.1, 0.15) is 5.75 Å². The van der Waals surface area contributed by atoms with Crippen LogP contribution >= 0.6 is 0 Å². The summed E-state index contributed by atoms with van der Waals surface area (Å²) >= 11 is 0. The topological polar surface area (TPSA) is 79.4 Å². The molecule has 0 saturated heterocycles. The molecule has 0 fully saturated rings. The van der Waals surface area contributed by atoms with E-state index in [0.29, 0.717) is 12.2 Å². The van der Waals surface area contributed by atoms with Crippen molar-refractivity contribution >= 4 is 0 Å². The maximum absolute atomic E-state index is 9.99. The predicted molar refractivity (Wildman–Crippen MR) is 101 cm³/mol. The highest BCUT2D eigenvalue weighted by Crippen LogP contribution is 2.33. The number of aromatic nitrogens is 2. The molecule has 136 valence electrons. The second-order valence-electron chi connectivity index (χ2n) is 7.06. The van der Waals surface area contributed by atoms with Gasteiger partial charge in [0.2, 0.25) is 0 Å². The van der Waals surface area contributed by atoms with Gasteiger partial charge in [-0.15, -0.1) is 0 Å². The molecule has 2 N–H and O–H groups in total. The van der Waals surface area contributed by atoms with Crippen LogP contribution in [0.15, 0.2) is 28.8 Å². The van der Waals surface area contributed by atoms with E-state index < -0.39 is 0 Å². The van der Waals surface area contributed by atoms with Crippen molar-refractivity contribution in [2.45, 2.75) is 47.0 Å². The predicted octanol–water partition coefficient (Wildman–Crippen LogP) is 4.79. The van der Waals surface area contributed by atoms with E-state index in [1.807, 2.05) is 26.8 Å². The zero-order valence-electron chi connectivity index (χ0n) is 15.8. The van der Waals surface area contributed by atoms with Crippen LogP contribution in [0.3, 0.4) is 0 Å². The third kappa shape index (κ3) is 3.29. The molecule has 0 aliphatic carbocycles. The minimum absolute atomic E-state index is 0.117. The van der Waals surface area contributed by atoms with Gasteiger partial charge < -0.3 is 14.7 Å². The van der Waals surface area contributed by atoms with Gasteiger partial charge in [-0.2, -0.15) is 0 Å². The summed E-state index contributed by atoms with van der Waals surface area (Å²) in [5, 5.41) is 23.0. The second-order valence-corrected chi connectivity index (χ2v) is 7.06. The van der Waals surface area contributed by atoms with Crippen LogP contribution in [0.5, 0.6) is 11.6 Å². The van der Waals surface area contributed by atoms with Gasteiger partial charge in [-0.05, 0) is 72.3 Å². The molecule has 0 radical (unpaired) electrons. The van der Waals surface area contributed by atoms with Crippen molar-refractivity contribution in [3.63, 3.8) is 0 Å². The molecular formula is C21H24N2O3. The molecule has 3 aromatic rings. The molecule has 2 aromatic heterocycles. The number of benzene rings is 1. The fraction of sp³-hybridized carbons (Fsp3) is 0.333. The van der Waals surface area contributed by atoms with Crippen LogP contribution < -0.4 is 0 Å². The molecular weight excluding hydrogens is 328 g/mol. The summed E-state index contributed by atoms with van der Waals surface area (Å²) < 4.78 is 5.21. The highest BCUT2D eigenvalue weighted by molar-refractivity contribution is 5.67. The van der Waals surface area contributed by atoms with Gasteiger partial charge in [0.25, 0.3) is 5.88 Å². The summed E-state index contributed by atoms with van der Waals surface area (Å²) in [5.41, 5.74) is 7.17. The molecule has 0 bridgehead atoms. The minimum atomic E-state index is -0.117. The third-order valence-electron chi connectivity index (χ3n) is 4.88. The van der Waals surface area contributed by atoms with E-state index in [0.717, 1.165) is 33.6 Å². The second kappa shape index (κ2) is 6.83. The maximum atomic E-state index is 9.99. The van der Waals surface area contributed by atoms with Crippen molar-refractivity contribution < 1.29 is 14.7 Å². The Kier molecular flexibility index (Phi) is 4.72. The Morgan fingerprint density at radius 3 is 2.38 bits per heavy atom. The maximum Gasteiger partial charge on any atom is 0.252 e. The number of rotatable bonds is 4. The van der Waals surface area contributed by atoms with E-state index in [9.17, 15) is 10.2 Å². The fourth-order valence-corrected chi connectivity index (χ4v) is 3.27. The molecule has 0 saturated carbocycles. The molecule has 26 heavy (non-hydrogen) atoms. The lowest BCUT2D eigenvalue weighted by atomic mass is 9.90. The van der Waals surface area contributed by atoms with Gasteiger partial charge in [-0.1, -0.05) is 13.8 Å². The first-order chi connectivity index (χ1) is 12.3. The molecule has 0 atom stereocenters. The molecule has 3 rings (SSSR count). The van der Waals surface area contributed by atoms with E-state index in [-0.39, 0.29) is 17.5 Å². The first-order valence-electron chi connectivity index (χ1n) is 8.72. The molecule has 5 nitrogen and oxygen atoms in total. The zero-order chi connectivity index (χ0) is 19.0. The zero-order valence-corrected chi connectivity index (χ0v) is 15.8. The quantitative estimate of drug-likeness (QED) is 0.706. The van der Waals surface area contributed by atoms with E-state index in [1.165, 1.54) is 11.6 Å². The number of hydrogen-bond acceptors (Lipinski definition) is 5. The summed E-state index contributed by atoms with van der Waals surface area (Å²) in [6, 6.07) is 7.18. The van der Waals surface area contributed by atoms with E-state index in [2.05, 4.69) is 30.1 Å². The summed E-state index contributed by atoms with van der Waals surface area (Å²) in [4.78, 5) is 4.65. The smallest absolute Gasteiger partial charge is 0.252 e. The molecule has 0 aliphatic heterocycles. The van der Waals surface area contributed by atoms with Crippen molar-refractivity contribution in [2.75, 3.05) is 0 Å². The van der Waals surface area contributed by atoms with Crippen LogP contribution in [0.4, 0.5) is 0 Å². The van der Waals surface area contributed by atoms with Crippen LogP contribution in [0.2, 0.25) is 0 Å². The summed E-state index contributed by atoms with van der Waals surface area (Å²) in [6.07, 6.45) is 0.695. The molecule has 0 amide bonds. The molecule has 2 heterocycles. The SMILES string of the molecule is Cc1cc(-c2cc(O)no2)c(C)c(C)c1Cc1ccc(O)c(C(C)C)n1. The largest absolute Gasteiger partial charge is 0.506 e. The Hall–Kier alpha value is -2.82. The van der Waals surface area contributed by atoms with E-state index >= 15 is 0 Å². The lowest BCUT2D eigenvalue weighted by Crippen LogP contribution is -2.03. The molecule has 0 unspecified atom stereocenters. The van der Waals surface area contributed by atoms with Gasteiger partial charge >= 0.3 is 0 Å². The van der Waals surface area contributed by atoms with Crippen LogP contribution in [-0.4, -0.2) is 20.4 Å². The van der Waals surface area contributed by atoms with Crippen molar-refractivity contribution in [3.8, 4) is 23.0 Å². The molecule has 0 spiro atoms. The molecule has 0 aliphatic rings. The Bertz CT molecular complexity index is 958. The Morgan fingerprint density at radius 1 is 1.04 bits per heavy atom. The van der Waals surface area contributed by atoms with Crippen LogP contribution in [-0.2, 0) is 6.42 Å². The normalized spacial score (nSPS) is 11.3. The number of pyridine rings is 1. The average molecular weight is 352 g/mol. The number of aromatic hydroxyl groups is 2.